The summed E-state index contributed by atoms with van der Waals surface area (Å²) in [6.07, 6.45) is -0.00442. The molecule has 2 saturated heterocycles. The normalized spacial score (nSPS) is 26.2. The van der Waals surface area contributed by atoms with Crippen LogP contribution in [0.2, 0.25) is 0 Å². The third-order valence-corrected chi connectivity index (χ3v) is 4.58. The second-order valence-corrected chi connectivity index (χ2v) is 6.27. The van der Waals surface area contributed by atoms with E-state index in [9.17, 15) is 14.4 Å². The summed E-state index contributed by atoms with van der Waals surface area (Å²) in [5.74, 6) is -1.77. The maximum atomic E-state index is 13.0. The maximum absolute atomic E-state index is 13.0. The highest BCUT2D eigenvalue weighted by molar-refractivity contribution is 5.92. The van der Waals surface area contributed by atoms with Crippen LogP contribution in [0, 0.1) is 5.92 Å². The number of carbonyl (C=O) groups excluding carboxylic acids is 3. The number of rotatable bonds is 5. The molecule has 2 fully saturated rings. The number of ether oxygens (including phenoxy) is 2. The molecule has 2 aliphatic heterocycles. The Bertz CT molecular complexity index is 663. The van der Waals surface area contributed by atoms with Gasteiger partial charge in [0, 0.05) is 12.5 Å². The summed E-state index contributed by atoms with van der Waals surface area (Å²) in [7, 11) is 0. The molecular weight excluding hydrogens is 324 g/mol. The lowest BCUT2D eigenvalue weighted by Gasteiger charge is -2.25. The molecular formula is C18H22N2O5. The molecule has 0 bridgehead atoms. The molecule has 3 rings (SSSR count). The van der Waals surface area contributed by atoms with Gasteiger partial charge in [0.05, 0.1) is 25.2 Å². The van der Waals surface area contributed by atoms with Crippen molar-refractivity contribution in [3.63, 3.8) is 0 Å². The van der Waals surface area contributed by atoms with Gasteiger partial charge < -0.3 is 19.7 Å². The summed E-state index contributed by atoms with van der Waals surface area (Å²) in [5, 5.41) is 2.58. The summed E-state index contributed by atoms with van der Waals surface area (Å²) < 4.78 is 10.8. The van der Waals surface area contributed by atoms with Gasteiger partial charge in [0.1, 0.15) is 6.04 Å². The third-order valence-electron chi connectivity index (χ3n) is 4.58. The van der Waals surface area contributed by atoms with Gasteiger partial charge in [-0.2, -0.15) is 0 Å². The standard InChI is InChI=1S/C18H22N2O5/c1-3-24-18(23)15(19-11(2)21)14-9-13-10-25-17(20(13)16(14)22)12-7-5-4-6-8-12/h4-8,13-15,17H,3,9-10H2,1-2H3,(H,19,21)/t13-,14+,15-,17+/m0/s1. The number of amides is 2. The van der Waals surface area contributed by atoms with Crippen LogP contribution in [0.5, 0.6) is 0 Å². The van der Waals surface area contributed by atoms with Crippen LogP contribution in [-0.4, -0.2) is 48.0 Å². The highest BCUT2D eigenvalue weighted by Crippen LogP contribution is 2.40. The molecule has 7 heteroatoms. The number of nitrogens with zero attached hydrogens (tertiary/aromatic N) is 1. The summed E-state index contributed by atoms with van der Waals surface area (Å²) in [5.41, 5.74) is 0.895. The van der Waals surface area contributed by atoms with Gasteiger partial charge in [-0.25, -0.2) is 4.79 Å². The van der Waals surface area contributed by atoms with Crippen molar-refractivity contribution in [2.45, 2.75) is 38.6 Å². The zero-order valence-electron chi connectivity index (χ0n) is 14.3. The highest BCUT2D eigenvalue weighted by atomic mass is 16.5. The van der Waals surface area contributed by atoms with Crippen LogP contribution >= 0.6 is 0 Å². The number of benzene rings is 1. The average Bonchev–Trinajstić information content (AvgIpc) is 3.14. The van der Waals surface area contributed by atoms with Gasteiger partial charge in [-0.05, 0) is 13.3 Å². The van der Waals surface area contributed by atoms with Gasteiger partial charge in [-0.1, -0.05) is 30.3 Å². The summed E-state index contributed by atoms with van der Waals surface area (Å²) in [6.45, 7) is 3.62. The quantitative estimate of drug-likeness (QED) is 0.804. The lowest BCUT2D eigenvalue weighted by molar-refractivity contribution is -0.152. The first kappa shape index (κ1) is 17.4. The Labute approximate surface area is 146 Å². The van der Waals surface area contributed by atoms with Crippen molar-refractivity contribution in [3.8, 4) is 0 Å². The maximum Gasteiger partial charge on any atom is 0.329 e. The average molecular weight is 346 g/mol. The van der Waals surface area contributed by atoms with E-state index in [1.165, 1.54) is 6.92 Å². The number of esters is 1. The van der Waals surface area contributed by atoms with Crippen molar-refractivity contribution >= 4 is 17.8 Å². The third kappa shape index (κ3) is 3.37. The van der Waals surface area contributed by atoms with Gasteiger partial charge in [0.25, 0.3) is 0 Å². The van der Waals surface area contributed by atoms with Crippen LogP contribution in [0.15, 0.2) is 30.3 Å². The van der Waals surface area contributed by atoms with Gasteiger partial charge in [0.15, 0.2) is 6.23 Å². The highest BCUT2D eigenvalue weighted by Gasteiger charge is 2.52. The Kier molecular flexibility index (Phi) is 5.03. The van der Waals surface area contributed by atoms with E-state index in [4.69, 9.17) is 9.47 Å². The van der Waals surface area contributed by atoms with Crippen molar-refractivity contribution in [1.29, 1.82) is 0 Å². The molecule has 2 aliphatic rings. The van der Waals surface area contributed by atoms with Crippen LogP contribution < -0.4 is 5.32 Å². The first-order valence-corrected chi connectivity index (χ1v) is 8.45. The van der Waals surface area contributed by atoms with E-state index in [-0.39, 0.29) is 24.5 Å². The molecule has 0 spiro atoms. The van der Waals surface area contributed by atoms with E-state index in [2.05, 4.69) is 5.32 Å². The van der Waals surface area contributed by atoms with Gasteiger partial charge in [-0.15, -0.1) is 0 Å². The molecule has 1 N–H and O–H groups in total. The largest absolute Gasteiger partial charge is 0.464 e. The predicted molar refractivity (Wildman–Crippen MR) is 88.1 cm³/mol. The smallest absolute Gasteiger partial charge is 0.329 e. The Hall–Kier alpha value is -2.41. The zero-order valence-corrected chi connectivity index (χ0v) is 14.3. The Morgan fingerprint density at radius 3 is 2.72 bits per heavy atom. The topological polar surface area (TPSA) is 84.9 Å². The predicted octanol–water partition coefficient (Wildman–Crippen LogP) is 1.00. The molecule has 0 aromatic heterocycles. The van der Waals surface area contributed by atoms with E-state index in [1.807, 2.05) is 30.3 Å². The fourth-order valence-electron chi connectivity index (χ4n) is 3.54. The number of carbonyl (C=O) groups is 3. The van der Waals surface area contributed by atoms with Crippen molar-refractivity contribution in [2.75, 3.05) is 13.2 Å². The van der Waals surface area contributed by atoms with Gasteiger partial charge in [-0.3, -0.25) is 9.59 Å². The summed E-state index contributed by atoms with van der Waals surface area (Å²) in [6, 6.07) is 8.43. The molecule has 2 amide bonds. The number of hydrogen-bond donors (Lipinski definition) is 1. The molecule has 25 heavy (non-hydrogen) atoms. The van der Waals surface area contributed by atoms with Crippen molar-refractivity contribution < 1.29 is 23.9 Å². The van der Waals surface area contributed by atoms with E-state index in [1.54, 1.807) is 11.8 Å². The molecule has 4 atom stereocenters. The molecule has 0 radical (unpaired) electrons. The summed E-state index contributed by atoms with van der Waals surface area (Å²) >= 11 is 0. The number of fused-ring (bicyclic) bond motifs is 1. The first-order valence-electron chi connectivity index (χ1n) is 8.45. The molecule has 1 aromatic rings. The van der Waals surface area contributed by atoms with Crippen molar-refractivity contribution in [3.05, 3.63) is 35.9 Å². The lowest BCUT2D eigenvalue weighted by atomic mass is 9.96. The fraction of sp³-hybridized carbons (Fsp3) is 0.500. The van der Waals surface area contributed by atoms with E-state index in [0.717, 1.165) is 5.56 Å². The molecule has 2 heterocycles. The Balaban J connectivity index is 1.82. The van der Waals surface area contributed by atoms with Gasteiger partial charge in [0.2, 0.25) is 11.8 Å². The van der Waals surface area contributed by atoms with Crippen molar-refractivity contribution in [2.24, 2.45) is 5.92 Å². The van der Waals surface area contributed by atoms with E-state index >= 15 is 0 Å². The second kappa shape index (κ2) is 7.23. The molecule has 0 unspecified atom stereocenters. The Morgan fingerprint density at radius 1 is 1.36 bits per heavy atom. The zero-order chi connectivity index (χ0) is 18.0. The molecule has 0 aliphatic carbocycles. The molecule has 7 nitrogen and oxygen atoms in total. The van der Waals surface area contributed by atoms with Crippen LogP contribution in [0.25, 0.3) is 0 Å². The lowest BCUT2D eigenvalue weighted by Crippen LogP contribution is -2.48. The van der Waals surface area contributed by atoms with Crippen molar-refractivity contribution in [1.82, 2.24) is 10.2 Å². The Morgan fingerprint density at radius 2 is 2.08 bits per heavy atom. The minimum Gasteiger partial charge on any atom is -0.464 e. The molecule has 0 saturated carbocycles. The fourth-order valence-corrected chi connectivity index (χ4v) is 3.54. The molecule has 1 aromatic carbocycles. The first-order chi connectivity index (χ1) is 12.0. The second-order valence-electron chi connectivity index (χ2n) is 6.27. The SMILES string of the molecule is CCOC(=O)[C@@H](NC(C)=O)[C@H]1C[C@H]2CO[C@H](c3ccccc3)N2C1=O. The monoisotopic (exact) mass is 346 g/mol. The van der Waals surface area contributed by atoms with E-state index in [0.29, 0.717) is 13.0 Å². The molecule has 134 valence electrons. The van der Waals surface area contributed by atoms with Crippen LogP contribution in [0.1, 0.15) is 32.1 Å². The van der Waals surface area contributed by atoms with E-state index < -0.39 is 24.2 Å². The van der Waals surface area contributed by atoms with Crippen LogP contribution in [0.4, 0.5) is 0 Å². The number of hydrogen-bond acceptors (Lipinski definition) is 5. The minimum atomic E-state index is -0.966. The summed E-state index contributed by atoms with van der Waals surface area (Å²) in [4.78, 5) is 38.4. The van der Waals surface area contributed by atoms with Crippen LogP contribution in [0.3, 0.4) is 0 Å². The van der Waals surface area contributed by atoms with Gasteiger partial charge >= 0.3 is 5.97 Å². The van der Waals surface area contributed by atoms with Crippen LogP contribution in [-0.2, 0) is 23.9 Å². The minimum absolute atomic E-state index is 0.103. The number of nitrogens with one attached hydrogen (secondary N) is 1.